The van der Waals surface area contributed by atoms with Gasteiger partial charge in [-0.15, -0.1) is 0 Å². The van der Waals surface area contributed by atoms with Gasteiger partial charge >= 0.3 is 17.9 Å². The monoisotopic (exact) mass is 925 g/mol. The second kappa shape index (κ2) is 55.0. The van der Waals surface area contributed by atoms with Gasteiger partial charge in [-0.25, -0.2) is 0 Å². The molecule has 0 aromatic heterocycles. The molecule has 0 fully saturated rings. The van der Waals surface area contributed by atoms with E-state index in [1.807, 2.05) is 0 Å². The van der Waals surface area contributed by atoms with E-state index in [0.29, 0.717) is 19.3 Å². The van der Waals surface area contributed by atoms with Crippen LogP contribution in [-0.4, -0.2) is 37.2 Å². The van der Waals surface area contributed by atoms with E-state index >= 15 is 0 Å². The first kappa shape index (κ1) is 63.4. The molecule has 66 heavy (non-hydrogen) atoms. The summed E-state index contributed by atoms with van der Waals surface area (Å²) in [5, 5.41) is 0. The van der Waals surface area contributed by atoms with Gasteiger partial charge in [0.25, 0.3) is 0 Å². The van der Waals surface area contributed by atoms with Crippen molar-refractivity contribution in [3.63, 3.8) is 0 Å². The fourth-order valence-corrected chi connectivity index (χ4v) is 8.22. The summed E-state index contributed by atoms with van der Waals surface area (Å²) in [6, 6.07) is 0. The Hall–Kier alpha value is -2.63. The number of carbonyl (C=O) groups excluding carboxylic acids is 3. The minimum Gasteiger partial charge on any atom is -0.462 e. The standard InChI is InChI=1S/C60H108O6/c1-4-7-10-13-16-19-22-25-27-29-31-32-35-38-41-44-47-50-53-59(62)65-56-57(55-64-58(61)52-49-46-43-40-37-34-24-21-18-15-12-9-6-3)66-60(63)54-51-48-45-42-39-36-33-30-28-26-23-20-17-14-11-8-5-2/h12,15,17,20-21,24,26,28,57H,4-11,13-14,16,18-19,22-23,25,27,29-56H2,1-3H3/b15-12-,20-17-,24-21-,28-26-. The van der Waals surface area contributed by atoms with Crippen molar-refractivity contribution >= 4 is 17.9 Å². The van der Waals surface area contributed by atoms with E-state index in [4.69, 9.17) is 14.2 Å². The normalized spacial score (nSPS) is 12.3. The maximum atomic E-state index is 12.8. The Bertz CT molecular complexity index is 1150. The maximum absolute atomic E-state index is 12.8. The second-order valence-electron chi connectivity index (χ2n) is 19.2. The summed E-state index contributed by atoms with van der Waals surface area (Å²) in [7, 11) is 0. The van der Waals surface area contributed by atoms with Crippen LogP contribution in [-0.2, 0) is 28.6 Å². The first-order valence-electron chi connectivity index (χ1n) is 28.6. The molecule has 0 aliphatic carbocycles. The molecule has 384 valence electrons. The van der Waals surface area contributed by atoms with Crippen LogP contribution in [0, 0.1) is 0 Å². The van der Waals surface area contributed by atoms with Crippen LogP contribution in [0.4, 0.5) is 0 Å². The molecule has 0 radical (unpaired) electrons. The molecule has 0 saturated heterocycles. The number of hydrogen-bond acceptors (Lipinski definition) is 6. The zero-order chi connectivity index (χ0) is 47.9. The molecule has 0 aromatic carbocycles. The Morgan fingerprint density at radius 3 is 0.924 bits per heavy atom. The molecule has 0 aromatic rings. The zero-order valence-corrected chi connectivity index (χ0v) is 44.0. The number of hydrogen-bond donors (Lipinski definition) is 0. The van der Waals surface area contributed by atoms with E-state index in [1.165, 1.54) is 161 Å². The molecule has 0 amide bonds. The van der Waals surface area contributed by atoms with E-state index in [-0.39, 0.29) is 31.1 Å². The third-order valence-electron chi connectivity index (χ3n) is 12.5. The van der Waals surface area contributed by atoms with Crippen LogP contribution in [0.2, 0.25) is 0 Å². The number of esters is 3. The Labute approximate surface area is 409 Å². The van der Waals surface area contributed by atoms with Crippen molar-refractivity contribution in [2.75, 3.05) is 13.2 Å². The van der Waals surface area contributed by atoms with Gasteiger partial charge in [0, 0.05) is 19.3 Å². The van der Waals surface area contributed by atoms with Gasteiger partial charge in [0.05, 0.1) is 0 Å². The van der Waals surface area contributed by atoms with E-state index < -0.39 is 6.10 Å². The molecule has 0 bridgehead atoms. The van der Waals surface area contributed by atoms with Crippen molar-refractivity contribution in [2.24, 2.45) is 0 Å². The van der Waals surface area contributed by atoms with Crippen molar-refractivity contribution in [1.29, 1.82) is 0 Å². The summed E-state index contributed by atoms with van der Waals surface area (Å²) in [5.41, 5.74) is 0. The summed E-state index contributed by atoms with van der Waals surface area (Å²) in [6.45, 7) is 6.57. The van der Waals surface area contributed by atoms with Crippen LogP contribution in [0.15, 0.2) is 48.6 Å². The molecular weight excluding hydrogens is 817 g/mol. The highest BCUT2D eigenvalue weighted by Crippen LogP contribution is 2.16. The number of unbranched alkanes of at least 4 members (excludes halogenated alkanes) is 33. The molecular formula is C60H108O6. The summed E-state index contributed by atoms with van der Waals surface area (Å²) >= 11 is 0. The first-order chi connectivity index (χ1) is 32.5. The summed E-state index contributed by atoms with van der Waals surface area (Å²) < 4.78 is 16.9. The highest BCUT2D eigenvalue weighted by molar-refractivity contribution is 5.71. The minimum absolute atomic E-state index is 0.0781. The zero-order valence-electron chi connectivity index (χ0n) is 44.0. The summed E-state index contributed by atoms with van der Waals surface area (Å²) in [6.07, 6.45) is 66.7. The highest BCUT2D eigenvalue weighted by atomic mass is 16.6. The predicted octanol–water partition coefficient (Wildman–Crippen LogP) is 19.0. The largest absolute Gasteiger partial charge is 0.462 e. The van der Waals surface area contributed by atoms with Crippen LogP contribution in [0.1, 0.15) is 297 Å². The van der Waals surface area contributed by atoms with Crippen LogP contribution in [0.3, 0.4) is 0 Å². The molecule has 0 N–H and O–H groups in total. The van der Waals surface area contributed by atoms with Gasteiger partial charge in [-0.1, -0.05) is 249 Å². The topological polar surface area (TPSA) is 78.9 Å². The smallest absolute Gasteiger partial charge is 0.306 e. The molecule has 1 unspecified atom stereocenters. The van der Waals surface area contributed by atoms with E-state index in [9.17, 15) is 14.4 Å². The Balaban J connectivity index is 4.35. The van der Waals surface area contributed by atoms with Gasteiger partial charge in [-0.2, -0.15) is 0 Å². The van der Waals surface area contributed by atoms with E-state index in [2.05, 4.69) is 69.4 Å². The average Bonchev–Trinajstić information content (AvgIpc) is 3.31. The number of allylic oxidation sites excluding steroid dienone is 8. The van der Waals surface area contributed by atoms with Crippen LogP contribution < -0.4 is 0 Å². The number of rotatable bonds is 52. The summed E-state index contributed by atoms with van der Waals surface area (Å²) in [5.74, 6) is -0.887. The van der Waals surface area contributed by atoms with Crippen molar-refractivity contribution in [3.05, 3.63) is 48.6 Å². The van der Waals surface area contributed by atoms with Crippen molar-refractivity contribution in [1.82, 2.24) is 0 Å². The molecule has 1 atom stereocenters. The van der Waals surface area contributed by atoms with Gasteiger partial charge in [-0.3, -0.25) is 14.4 Å². The Morgan fingerprint density at radius 1 is 0.303 bits per heavy atom. The van der Waals surface area contributed by atoms with E-state index in [0.717, 1.165) is 96.3 Å². The summed E-state index contributed by atoms with van der Waals surface area (Å²) in [4.78, 5) is 38.1. The van der Waals surface area contributed by atoms with Crippen molar-refractivity contribution in [3.8, 4) is 0 Å². The average molecular weight is 926 g/mol. The van der Waals surface area contributed by atoms with Crippen LogP contribution in [0.5, 0.6) is 0 Å². The Kier molecular flexibility index (Phi) is 52.8. The molecule has 0 aliphatic heterocycles. The predicted molar refractivity (Wildman–Crippen MR) is 284 cm³/mol. The second-order valence-corrected chi connectivity index (χ2v) is 19.2. The molecule has 0 spiro atoms. The van der Waals surface area contributed by atoms with Gasteiger partial charge in [0.1, 0.15) is 13.2 Å². The highest BCUT2D eigenvalue weighted by Gasteiger charge is 2.19. The lowest BCUT2D eigenvalue weighted by molar-refractivity contribution is -0.167. The molecule has 0 aliphatic rings. The number of ether oxygens (including phenoxy) is 3. The molecule has 0 rings (SSSR count). The fourth-order valence-electron chi connectivity index (χ4n) is 8.22. The molecule has 0 saturated carbocycles. The van der Waals surface area contributed by atoms with E-state index in [1.54, 1.807) is 0 Å². The Morgan fingerprint density at radius 2 is 0.576 bits per heavy atom. The molecule has 0 heterocycles. The SMILES string of the molecule is CCC/C=C\C/C=C\CCCCCCCC(=O)OCC(COC(=O)CCCCCCCCCCCCCCCCCCCC)OC(=O)CCCCCCCCC/C=C\C/C=C\CCCCC. The van der Waals surface area contributed by atoms with Gasteiger partial charge in [0.2, 0.25) is 0 Å². The van der Waals surface area contributed by atoms with Crippen LogP contribution in [0.25, 0.3) is 0 Å². The molecule has 6 nitrogen and oxygen atoms in total. The lowest BCUT2D eigenvalue weighted by Gasteiger charge is -2.18. The van der Waals surface area contributed by atoms with Gasteiger partial charge in [0.15, 0.2) is 6.10 Å². The lowest BCUT2D eigenvalue weighted by atomic mass is 10.0. The van der Waals surface area contributed by atoms with Crippen molar-refractivity contribution in [2.45, 2.75) is 303 Å². The van der Waals surface area contributed by atoms with Crippen molar-refractivity contribution < 1.29 is 28.6 Å². The quantitative estimate of drug-likeness (QED) is 0.0262. The number of carbonyl (C=O) groups is 3. The lowest BCUT2D eigenvalue weighted by Crippen LogP contribution is -2.30. The van der Waals surface area contributed by atoms with Gasteiger partial charge in [-0.05, 0) is 77.0 Å². The molecule has 6 heteroatoms. The maximum Gasteiger partial charge on any atom is 0.306 e. The fraction of sp³-hybridized carbons (Fsp3) is 0.817. The van der Waals surface area contributed by atoms with Crippen LogP contribution >= 0.6 is 0 Å². The third kappa shape index (κ3) is 52.3. The van der Waals surface area contributed by atoms with Gasteiger partial charge < -0.3 is 14.2 Å². The first-order valence-corrected chi connectivity index (χ1v) is 28.6. The minimum atomic E-state index is -0.781. The third-order valence-corrected chi connectivity index (χ3v) is 12.5.